The Labute approximate surface area is 108 Å². The van der Waals surface area contributed by atoms with Crippen molar-refractivity contribution in [2.75, 3.05) is 6.61 Å². The first-order valence-corrected chi connectivity index (χ1v) is 6.21. The maximum absolute atomic E-state index is 11.2. The average molecular weight is 248 g/mol. The fraction of sp³-hybridized carbons (Fsp3) is 0.400. The van der Waals surface area contributed by atoms with E-state index in [1.807, 2.05) is 44.2 Å². The number of para-hydroxylation sites is 1. The maximum Gasteiger partial charge on any atom is 0.309 e. The molecule has 0 aliphatic heterocycles. The van der Waals surface area contributed by atoms with Crippen LogP contribution in [0.25, 0.3) is 6.08 Å². The van der Waals surface area contributed by atoms with Crippen molar-refractivity contribution in [2.24, 2.45) is 0 Å². The molecule has 0 aliphatic rings. The monoisotopic (exact) mass is 248 g/mol. The van der Waals surface area contributed by atoms with E-state index in [0.717, 1.165) is 11.3 Å². The number of ether oxygens (including phenoxy) is 2. The summed E-state index contributed by atoms with van der Waals surface area (Å²) in [7, 11) is 0. The predicted molar refractivity (Wildman–Crippen MR) is 72.5 cm³/mol. The molecule has 0 unspecified atom stereocenters. The van der Waals surface area contributed by atoms with Crippen LogP contribution in [0.5, 0.6) is 5.75 Å². The van der Waals surface area contributed by atoms with Crippen molar-refractivity contribution in [1.82, 2.24) is 0 Å². The Bertz CT molecular complexity index is 408. The summed E-state index contributed by atoms with van der Waals surface area (Å²) in [6.07, 6.45) is 4.09. The fourth-order valence-corrected chi connectivity index (χ4v) is 1.48. The summed E-state index contributed by atoms with van der Waals surface area (Å²) in [4.78, 5) is 11.2. The van der Waals surface area contributed by atoms with E-state index in [-0.39, 0.29) is 18.5 Å². The van der Waals surface area contributed by atoms with Gasteiger partial charge in [0.15, 0.2) is 0 Å². The van der Waals surface area contributed by atoms with Crippen molar-refractivity contribution < 1.29 is 14.3 Å². The molecule has 0 spiro atoms. The minimum absolute atomic E-state index is 0.129. The molecular weight excluding hydrogens is 228 g/mol. The number of carbonyl (C=O) groups excluding carboxylic acids is 1. The van der Waals surface area contributed by atoms with Crippen molar-refractivity contribution in [2.45, 2.75) is 33.3 Å². The van der Waals surface area contributed by atoms with Crippen LogP contribution in [0.15, 0.2) is 30.3 Å². The normalized spacial score (nSPS) is 10.9. The fourth-order valence-electron chi connectivity index (χ4n) is 1.48. The summed E-state index contributed by atoms with van der Waals surface area (Å²) in [5.41, 5.74) is 0.968. The molecule has 3 heteroatoms. The lowest BCUT2D eigenvalue weighted by molar-refractivity contribution is -0.142. The molecule has 0 aromatic heterocycles. The molecule has 18 heavy (non-hydrogen) atoms. The first-order valence-electron chi connectivity index (χ1n) is 6.21. The van der Waals surface area contributed by atoms with E-state index in [4.69, 9.17) is 9.47 Å². The third kappa shape index (κ3) is 5.04. The number of rotatable bonds is 6. The molecule has 0 N–H and O–H groups in total. The molecule has 0 radical (unpaired) electrons. The van der Waals surface area contributed by atoms with Gasteiger partial charge in [0.25, 0.3) is 0 Å². The van der Waals surface area contributed by atoms with E-state index >= 15 is 0 Å². The maximum atomic E-state index is 11.2. The molecule has 3 nitrogen and oxygen atoms in total. The Balaban J connectivity index is 2.65. The summed E-state index contributed by atoms with van der Waals surface area (Å²) in [5, 5.41) is 0. The third-order valence-corrected chi connectivity index (χ3v) is 2.17. The van der Waals surface area contributed by atoms with Crippen LogP contribution in [0.1, 0.15) is 32.8 Å². The summed E-state index contributed by atoms with van der Waals surface area (Å²) in [5.74, 6) is 0.614. The van der Waals surface area contributed by atoms with Gasteiger partial charge in [0.2, 0.25) is 0 Å². The topological polar surface area (TPSA) is 35.5 Å². The van der Waals surface area contributed by atoms with Crippen LogP contribution in [0.2, 0.25) is 0 Å². The molecule has 0 bridgehead atoms. The van der Waals surface area contributed by atoms with Crippen molar-refractivity contribution in [3.05, 3.63) is 35.9 Å². The van der Waals surface area contributed by atoms with Gasteiger partial charge in [-0.25, -0.2) is 0 Å². The Morgan fingerprint density at radius 2 is 2.06 bits per heavy atom. The predicted octanol–water partition coefficient (Wildman–Crippen LogP) is 3.44. The molecular formula is C15H20O3. The quantitative estimate of drug-likeness (QED) is 0.723. The molecule has 0 atom stereocenters. The van der Waals surface area contributed by atoms with E-state index in [9.17, 15) is 4.79 Å². The molecule has 1 rings (SSSR count). The van der Waals surface area contributed by atoms with Gasteiger partial charge in [0.05, 0.1) is 19.1 Å². The van der Waals surface area contributed by atoms with Crippen LogP contribution >= 0.6 is 0 Å². The van der Waals surface area contributed by atoms with E-state index in [2.05, 4.69) is 0 Å². The van der Waals surface area contributed by atoms with Gasteiger partial charge >= 0.3 is 5.97 Å². The summed E-state index contributed by atoms with van der Waals surface area (Å²) < 4.78 is 10.5. The zero-order valence-corrected chi connectivity index (χ0v) is 11.2. The van der Waals surface area contributed by atoms with Crippen LogP contribution in [0, 0.1) is 0 Å². The van der Waals surface area contributed by atoms with Crippen LogP contribution in [0.4, 0.5) is 0 Å². The zero-order valence-electron chi connectivity index (χ0n) is 11.2. The smallest absolute Gasteiger partial charge is 0.309 e. The highest BCUT2D eigenvalue weighted by Gasteiger charge is 2.02. The lowest BCUT2D eigenvalue weighted by Crippen LogP contribution is -2.06. The average Bonchev–Trinajstić information content (AvgIpc) is 2.31. The van der Waals surface area contributed by atoms with E-state index < -0.39 is 0 Å². The number of hydrogen-bond acceptors (Lipinski definition) is 3. The molecule has 98 valence electrons. The number of benzene rings is 1. The Morgan fingerprint density at radius 1 is 1.33 bits per heavy atom. The Morgan fingerprint density at radius 3 is 2.72 bits per heavy atom. The minimum Gasteiger partial charge on any atom is -0.490 e. The highest BCUT2D eigenvalue weighted by atomic mass is 16.5. The van der Waals surface area contributed by atoms with Gasteiger partial charge in [-0.15, -0.1) is 0 Å². The van der Waals surface area contributed by atoms with Crippen LogP contribution < -0.4 is 4.74 Å². The van der Waals surface area contributed by atoms with Gasteiger partial charge in [0.1, 0.15) is 5.75 Å². The van der Waals surface area contributed by atoms with Crippen LogP contribution in [0.3, 0.4) is 0 Å². The second kappa shape index (κ2) is 7.54. The summed E-state index contributed by atoms with van der Waals surface area (Å²) in [6, 6.07) is 7.75. The summed E-state index contributed by atoms with van der Waals surface area (Å²) in [6.45, 7) is 6.19. The second-order valence-corrected chi connectivity index (χ2v) is 4.12. The molecule has 0 heterocycles. The van der Waals surface area contributed by atoms with E-state index in [1.54, 1.807) is 13.0 Å². The minimum atomic E-state index is -0.212. The highest BCUT2D eigenvalue weighted by Crippen LogP contribution is 2.20. The van der Waals surface area contributed by atoms with E-state index in [0.29, 0.717) is 6.61 Å². The SMILES string of the molecule is CCOC(=O)CC=Cc1ccccc1OC(C)C. The van der Waals surface area contributed by atoms with Crippen LogP contribution in [-0.4, -0.2) is 18.7 Å². The van der Waals surface area contributed by atoms with Gasteiger partial charge in [-0.3, -0.25) is 4.79 Å². The lowest BCUT2D eigenvalue weighted by Gasteiger charge is -2.11. The van der Waals surface area contributed by atoms with Crippen molar-refractivity contribution in [1.29, 1.82) is 0 Å². The van der Waals surface area contributed by atoms with Gasteiger partial charge in [-0.05, 0) is 26.8 Å². The van der Waals surface area contributed by atoms with Gasteiger partial charge < -0.3 is 9.47 Å². The molecule has 1 aromatic rings. The number of carbonyl (C=O) groups is 1. The first kappa shape index (κ1) is 14.3. The van der Waals surface area contributed by atoms with Crippen molar-refractivity contribution in [3.8, 4) is 5.75 Å². The molecule has 0 amide bonds. The zero-order chi connectivity index (χ0) is 13.4. The second-order valence-electron chi connectivity index (χ2n) is 4.12. The first-order chi connectivity index (χ1) is 8.63. The van der Waals surface area contributed by atoms with Gasteiger partial charge in [-0.2, -0.15) is 0 Å². The highest BCUT2D eigenvalue weighted by molar-refractivity contribution is 5.73. The Hall–Kier alpha value is -1.77. The lowest BCUT2D eigenvalue weighted by atomic mass is 10.1. The van der Waals surface area contributed by atoms with E-state index in [1.165, 1.54) is 0 Å². The molecule has 1 aromatic carbocycles. The molecule has 0 saturated heterocycles. The van der Waals surface area contributed by atoms with Gasteiger partial charge in [-0.1, -0.05) is 30.4 Å². The van der Waals surface area contributed by atoms with Crippen molar-refractivity contribution in [3.63, 3.8) is 0 Å². The van der Waals surface area contributed by atoms with Crippen LogP contribution in [-0.2, 0) is 9.53 Å². The number of esters is 1. The largest absolute Gasteiger partial charge is 0.490 e. The standard InChI is InChI=1S/C15H20O3/c1-4-17-15(16)11-7-9-13-8-5-6-10-14(13)18-12(2)3/h5-10,12H,4,11H2,1-3H3. The molecule has 0 fully saturated rings. The molecule has 0 aliphatic carbocycles. The Kier molecular flexibility index (Phi) is 5.98. The van der Waals surface area contributed by atoms with Gasteiger partial charge in [0, 0.05) is 5.56 Å². The third-order valence-electron chi connectivity index (χ3n) is 2.17. The number of hydrogen-bond donors (Lipinski definition) is 0. The summed E-state index contributed by atoms with van der Waals surface area (Å²) >= 11 is 0. The molecule has 0 saturated carbocycles. The van der Waals surface area contributed by atoms with Crippen molar-refractivity contribution >= 4 is 12.0 Å².